The number of quaternary nitrogens is 1. The second kappa shape index (κ2) is 21.7. The van der Waals surface area contributed by atoms with Crippen molar-refractivity contribution in [2.75, 3.05) is 12.3 Å². The third-order valence-electron chi connectivity index (χ3n) is 12.1. The maximum absolute atomic E-state index is 12.8. The Bertz CT molecular complexity index is 2510. The van der Waals surface area contributed by atoms with Crippen molar-refractivity contribution in [3.8, 4) is 0 Å². The minimum Gasteiger partial charge on any atom is -0.744 e. The van der Waals surface area contributed by atoms with E-state index in [2.05, 4.69) is 49.2 Å². The number of benzene rings is 2. The number of hydrogen-bond donors (Lipinski definition) is 1. The second-order valence-electron chi connectivity index (χ2n) is 17.5. The molecule has 4 aliphatic rings. The Hall–Kier alpha value is 1.97. The first-order valence-electron chi connectivity index (χ1n) is 19.0. The van der Waals surface area contributed by atoms with E-state index in [9.17, 15) is 44.2 Å². The number of allylic oxidation sites excluding steroid dienone is 10. The summed E-state index contributed by atoms with van der Waals surface area (Å²) in [7, 11) is -13.7. The molecule has 0 radical (unpaired) electrons. The predicted octanol–water partition coefficient (Wildman–Crippen LogP) is -1.99. The first-order valence-corrected chi connectivity index (χ1v) is 24.3. The van der Waals surface area contributed by atoms with Crippen molar-refractivity contribution in [1.29, 1.82) is 0 Å². The summed E-state index contributed by atoms with van der Waals surface area (Å²) in [5, 5.41) is 12.8. The van der Waals surface area contributed by atoms with Crippen LogP contribution in [0.3, 0.4) is 0 Å². The molecule has 1 saturated heterocycles. The zero-order valence-electron chi connectivity index (χ0n) is 36.3. The maximum Gasteiger partial charge on any atom is 1.00 e. The van der Waals surface area contributed by atoms with E-state index in [0.29, 0.717) is 47.7 Å². The first-order chi connectivity index (χ1) is 26.8. The molecule has 316 valence electrons. The number of nitrogens with zero attached hydrogens (tertiary/aromatic N) is 1. The standard InChI is InChI=1S/C41H51NO12S4.3K/c1-39(2)25-27(11-9-13-37-41(5,6)35-24-30(57(47,48)49)16-18-36(35)42(37)19-10-14-38(42)58(50,51)52)21-28(26-39)22-33-31(12-7-8-20-56(44,45)46)32-17-15-29(55-54-53-43)23-34(32)40(33,3)4;;;/h9,11,13,15-18,21-24,38H,7-8,10,12,14,19-20,25-26H2,1-6H3,(H3-,43,44,45,46,47,48,49,50,51,52);;;/q;3*+1/p-2/b11-9?,28-22-,37-13+;;;. The smallest absolute Gasteiger partial charge is 0.744 e. The summed E-state index contributed by atoms with van der Waals surface area (Å²) in [6, 6.07) is 9.71. The van der Waals surface area contributed by atoms with Crippen molar-refractivity contribution in [1.82, 2.24) is 4.48 Å². The molecule has 61 heavy (non-hydrogen) atoms. The summed E-state index contributed by atoms with van der Waals surface area (Å²) >= 11 is 0.803. The summed E-state index contributed by atoms with van der Waals surface area (Å²) < 4.78 is 111. The molecule has 13 nitrogen and oxygen atoms in total. The van der Waals surface area contributed by atoms with Crippen LogP contribution in [0.4, 0.5) is 5.69 Å². The fourth-order valence-corrected chi connectivity index (χ4v) is 12.5. The maximum atomic E-state index is 12.8. The van der Waals surface area contributed by atoms with E-state index < -0.39 is 51.5 Å². The Morgan fingerprint density at radius 2 is 1.59 bits per heavy atom. The third-order valence-corrected chi connectivity index (χ3v) is 15.5. The fraction of sp³-hybridized carbons (Fsp3) is 0.463. The molecular formula is C41H49K3NO12S4+. The molecule has 2 atom stereocenters. The molecule has 2 aliphatic carbocycles. The fourth-order valence-electron chi connectivity index (χ4n) is 9.78. The van der Waals surface area contributed by atoms with Gasteiger partial charge in [-0.1, -0.05) is 58.1 Å². The van der Waals surface area contributed by atoms with Gasteiger partial charge in [0.25, 0.3) is 10.1 Å². The van der Waals surface area contributed by atoms with Crippen LogP contribution in [0.15, 0.2) is 99.0 Å². The SMILES string of the molecule is CC1(C)CC(C=C/C=C2\C(C)(C)c3cc(S(=O)(=O)[O-])ccc3[N+]23CCCC3S(=O)(=O)[O-])=C/C(=C/C2=C(CCCCS(=O)(=O)O)c3ccc(SOO[O-])cc3C2(C)C)C1.[K+].[K+].[K+]. The minimum atomic E-state index is -4.81. The summed E-state index contributed by atoms with van der Waals surface area (Å²) in [6.07, 6.45) is 13.4. The molecule has 6 rings (SSSR count). The summed E-state index contributed by atoms with van der Waals surface area (Å²) in [6.45, 7) is 12.6. The molecule has 2 aromatic carbocycles. The van der Waals surface area contributed by atoms with Gasteiger partial charge in [-0.3, -0.25) is 9.59 Å². The van der Waals surface area contributed by atoms with Crippen molar-refractivity contribution in [3.05, 3.63) is 106 Å². The minimum absolute atomic E-state index is 0. The molecule has 0 saturated carbocycles. The zero-order valence-corrected chi connectivity index (χ0v) is 48.9. The Labute approximate surface area is 492 Å². The summed E-state index contributed by atoms with van der Waals surface area (Å²) in [5.74, 6) is -0.336. The Morgan fingerprint density at radius 3 is 2.21 bits per heavy atom. The van der Waals surface area contributed by atoms with E-state index in [1.807, 2.05) is 50.3 Å². The Balaban J connectivity index is 0.00000331. The van der Waals surface area contributed by atoms with Crippen LogP contribution in [-0.2, 0) is 50.6 Å². The average Bonchev–Trinajstić information content (AvgIpc) is 3.69. The van der Waals surface area contributed by atoms with E-state index >= 15 is 0 Å². The van der Waals surface area contributed by atoms with Crippen molar-refractivity contribution in [3.63, 3.8) is 0 Å². The van der Waals surface area contributed by atoms with Gasteiger partial charge < -0.3 is 14.4 Å². The number of rotatable bonds is 13. The molecule has 20 heteroatoms. The van der Waals surface area contributed by atoms with Gasteiger partial charge in [-0.05, 0) is 115 Å². The predicted molar refractivity (Wildman–Crippen MR) is 218 cm³/mol. The Morgan fingerprint density at radius 1 is 0.902 bits per heavy atom. The summed E-state index contributed by atoms with van der Waals surface area (Å²) in [5.41, 5.74) is 6.20. The second-order valence-corrected chi connectivity index (χ2v) is 22.8. The molecule has 1 fully saturated rings. The average molecular weight is 993 g/mol. The molecule has 0 aromatic heterocycles. The zero-order chi connectivity index (χ0) is 42.7. The molecule has 1 N–H and O–H groups in total. The van der Waals surface area contributed by atoms with Crippen molar-refractivity contribution in [2.24, 2.45) is 5.41 Å². The monoisotopic (exact) mass is 992 g/mol. The molecular weight excluding hydrogens is 944 g/mol. The van der Waals surface area contributed by atoms with Crippen LogP contribution in [0.25, 0.3) is 5.57 Å². The largest absolute Gasteiger partial charge is 1.00 e. The van der Waals surface area contributed by atoms with Crippen LogP contribution in [0.1, 0.15) is 103 Å². The van der Waals surface area contributed by atoms with Gasteiger partial charge in [0.05, 0.1) is 34.7 Å². The molecule has 2 heterocycles. The van der Waals surface area contributed by atoms with Gasteiger partial charge in [-0.15, -0.1) is 0 Å². The van der Waals surface area contributed by atoms with E-state index in [0.717, 1.165) is 58.3 Å². The van der Waals surface area contributed by atoms with Crippen molar-refractivity contribution in [2.45, 2.75) is 112 Å². The molecule has 2 unspecified atom stereocenters. The van der Waals surface area contributed by atoms with Crippen molar-refractivity contribution >= 4 is 53.7 Å². The number of fused-ring (bicyclic) bond motifs is 3. The van der Waals surface area contributed by atoms with E-state index in [4.69, 9.17) is 0 Å². The van der Waals surface area contributed by atoms with Crippen molar-refractivity contribution < 1.29 is 208 Å². The molecule has 2 aromatic rings. The normalized spacial score (nSPS) is 24.0. The van der Waals surface area contributed by atoms with Gasteiger partial charge >= 0.3 is 154 Å². The third kappa shape index (κ3) is 12.6. The summed E-state index contributed by atoms with van der Waals surface area (Å²) in [4.78, 5) is 0.250. The number of hydrogen-bond acceptors (Lipinski definition) is 12. The molecule has 1 spiro atoms. The van der Waals surface area contributed by atoms with E-state index in [1.54, 1.807) is 0 Å². The van der Waals surface area contributed by atoms with Gasteiger partial charge in [0.15, 0.2) is 15.5 Å². The van der Waals surface area contributed by atoms with Gasteiger partial charge in [-0.25, -0.2) is 21.3 Å². The van der Waals surface area contributed by atoms with Crippen LogP contribution in [0.2, 0.25) is 0 Å². The van der Waals surface area contributed by atoms with Crippen LogP contribution in [0, 0.1) is 5.41 Å². The molecule has 0 amide bonds. The van der Waals surface area contributed by atoms with Gasteiger partial charge in [0, 0.05) is 34.8 Å². The van der Waals surface area contributed by atoms with E-state index in [-0.39, 0.29) is 183 Å². The van der Waals surface area contributed by atoms with Crippen LogP contribution >= 0.6 is 12.0 Å². The quantitative estimate of drug-likeness (QED) is 0.0439. The van der Waals surface area contributed by atoms with Crippen LogP contribution < -0.4 is 164 Å². The molecule has 0 bridgehead atoms. The van der Waals surface area contributed by atoms with Gasteiger partial charge in [0.1, 0.15) is 21.5 Å². The van der Waals surface area contributed by atoms with Crippen LogP contribution in [-0.4, -0.2) is 56.6 Å². The number of unbranched alkanes of at least 4 members (excludes halogenated alkanes) is 1. The molecule has 2 aliphatic heterocycles. The Kier molecular flexibility index (Phi) is 20.4. The topological polar surface area (TPSA) is 210 Å². The van der Waals surface area contributed by atoms with Gasteiger partial charge in [0.2, 0.25) is 0 Å². The van der Waals surface area contributed by atoms with E-state index in [1.165, 1.54) is 18.2 Å². The first kappa shape index (κ1) is 57.3. The van der Waals surface area contributed by atoms with Crippen LogP contribution in [0.5, 0.6) is 0 Å². The van der Waals surface area contributed by atoms with Gasteiger partial charge in [-0.2, -0.15) is 12.8 Å².